The van der Waals surface area contributed by atoms with E-state index in [-0.39, 0.29) is 29.9 Å². The Morgan fingerprint density at radius 3 is 2.90 bits per heavy atom. The number of anilines is 1. The predicted octanol–water partition coefficient (Wildman–Crippen LogP) is 0.717. The highest BCUT2D eigenvalue weighted by Crippen LogP contribution is 2.30. The summed E-state index contributed by atoms with van der Waals surface area (Å²) >= 11 is 0. The maximum absolute atomic E-state index is 12.7. The lowest BCUT2D eigenvalue weighted by molar-refractivity contribution is -0.115. The highest BCUT2D eigenvalue weighted by molar-refractivity contribution is 7.89. The minimum atomic E-state index is -3.63. The van der Waals surface area contributed by atoms with Crippen molar-refractivity contribution in [1.29, 1.82) is 0 Å². The second-order valence-corrected chi connectivity index (χ2v) is 7.38. The first-order valence-corrected chi connectivity index (χ1v) is 8.52. The van der Waals surface area contributed by atoms with Crippen LogP contribution in [-0.4, -0.2) is 42.9 Å². The highest BCUT2D eigenvalue weighted by atomic mass is 32.2. The molecule has 1 aromatic rings. The van der Waals surface area contributed by atoms with Gasteiger partial charge in [0.25, 0.3) is 0 Å². The van der Waals surface area contributed by atoms with Gasteiger partial charge in [-0.15, -0.1) is 0 Å². The number of sulfonamides is 1. The first-order chi connectivity index (χ1) is 10.0. The number of nitrogens with zero attached hydrogens (tertiary/aromatic N) is 1. The summed E-state index contributed by atoms with van der Waals surface area (Å²) in [7, 11) is -3.63. The average molecular weight is 310 g/mol. The third-order valence-electron chi connectivity index (χ3n) is 4.09. The molecule has 1 fully saturated rings. The molecule has 0 saturated carbocycles. The van der Waals surface area contributed by atoms with E-state index in [2.05, 4.69) is 5.32 Å². The molecule has 1 atom stereocenters. The molecule has 2 aliphatic rings. The molecule has 0 bridgehead atoms. The largest absolute Gasteiger partial charge is 0.395 e. The van der Waals surface area contributed by atoms with E-state index in [1.165, 1.54) is 10.4 Å². The molecule has 3 rings (SSSR count). The maximum atomic E-state index is 12.7. The summed E-state index contributed by atoms with van der Waals surface area (Å²) in [6.07, 6.45) is 2.63. The zero-order valence-corrected chi connectivity index (χ0v) is 12.4. The number of fused-ring (bicyclic) bond motifs is 1. The van der Waals surface area contributed by atoms with Crippen LogP contribution in [0.2, 0.25) is 0 Å². The number of benzene rings is 1. The molecule has 2 N–H and O–H groups in total. The molecule has 2 aliphatic heterocycles. The summed E-state index contributed by atoms with van der Waals surface area (Å²) < 4.78 is 26.9. The van der Waals surface area contributed by atoms with Crippen molar-refractivity contribution in [3.8, 4) is 0 Å². The molecule has 1 unspecified atom stereocenters. The Balaban J connectivity index is 1.95. The SMILES string of the molecule is O=C1Cc2cc(S(=O)(=O)N3CCCCC3CO)ccc2N1. The molecule has 21 heavy (non-hydrogen) atoms. The van der Waals surface area contributed by atoms with Crippen molar-refractivity contribution in [2.75, 3.05) is 18.5 Å². The Hall–Kier alpha value is -1.44. The first kappa shape index (κ1) is 14.5. The smallest absolute Gasteiger partial charge is 0.243 e. The summed E-state index contributed by atoms with van der Waals surface area (Å²) in [6.45, 7) is 0.270. The molecule has 1 saturated heterocycles. The number of hydrogen-bond donors (Lipinski definition) is 2. The Kier molecular flexibility index (Phi) is 3.73. The van der Waals surface area contributed by atoms with E-state index in [0.717, 1.165) is 12.8 Å². The Labute approximate surface area is 123 Å². The first-order valence-electron chi connectivity index (χ1n) is 7.08. The minimum Gasteiger partial charge on any atom is -0.395 e. The van der Waals surface area contributed by atoms with Crippen molar-refractivity contribution in [2.24, 2.45) is 0 Å². The Morgan fingerprint density at radius 1 is 1.33 bits per heavy atom. The lowest BCUT2D eigenvalue weighted by Crippen LogP contribution is -2.45. The molecule has 2 heterocycles. The summed E-state index contributed by atoms with van der Waals surface area (Å²) in [5.74, 6) is -0.120. The number of nitrogens with one attached hydrogen (secondary N) is 1. The van der Waals surface area contributed by atoms with E-state index in [4.69, 9.17) is 0 Å². The van der Waals surface area contributed by atoms with Crippen LogP contribution in [0.25, 0.3) is 0 Å². The standard InChI is InChI=1S/C14H18N2O4S/c17-9-11-3-1-2-6-16(11)21(19,20)12-4-5-13-10(7-12)8-14(18)15-13/h4-5,7,11,17H,1-3,6,8-9H2,(H,15,18). The van der Waals surface area contributed by atoms with Crippen LogP contribution in [0, 0.1) is 0 Å². The van der Waals surface area contributed by atoms with Crippen molar-refractivity contribution >= 4 is 21.6 Å². The number of carbonyl (C=O) groups is 1. The van der Waals surface area contributed by atoms with E-state index < -0.39 is 10.0 Å². The van der Waals surface area contributed by atoms with Gasteiger partial charge < -0.3 is 10.4 Å². The molecule has 114 valence electrons. The molecular formula is C14H18N2O4S. The van der Waals surface area contributed by atoms with Gasteiger partial charge in [-0.05, 0) is 36.6 Å². The van der Waals surface area contributed by atoms with E-state index >= 15 is 0 Å². The van der Waals surface area contributed by atoms with Crippen molar-refractivity contribution < 1.29 is 18.3 Å². The third-order valence-corrected chi connectivity index (χ3v) is 6.04. The van der Waals surface area contributed by atoms with Gasteiger partial charge in [0.15, 0.2) is 0 Å². The Bertz CT molecular complexity index is 672. The summed E-state index contributed by atoms with van der Waals surface area (Å²) in [5, 5.41) is 12.1. The van der Waals surface area contributed by atoms with Crippen LogP contribution in [0.4, 0.5) is 5.69 Å². The zero-order valence-electron chi connectivity index (χ0n) is 11.6. The number of carbonyl (C=O) groups excluding carboxylic acids is 1. The fourth-order valence-electron chi connectivity index (χ4n) is 2.97. The summed E-state index contributed by atoms with van der Waals surface area (Å²) in [4.78, 5) is 11.5. The van der Waals surface area contributed by atoms with E-state index in [1.807, 2.05) is 0 Å². The highest BCUT2D eigenvalue weighted by Gasteiger charge is 2.33. The van der Waals surface area contributed by atoms with Crippen LogP contribution >= 0.6 is 0 Å². The molecule has 0 spiro atoms. The summed E-state index contributed by atoms with van der Waals surface area (Å²) in [6, 6.07) is 4.36. The van der Waals surface area contributed by atoms with Gasteiger partial charge >= 0.3 is 0 Å². The lowest BCUT2D eigenvalue weighted by Gasteiger charge is -2.33. The van der Waals surface area contributed by atoms with Gasteiger partial charge in [0.1, 0.15) is 0 Å². The second-order valence-electron chi connectivity index (χ2n) is 5.49. The molecule has 1 aromatic carbocycles. The van der Waals surface area contributed by atoms with Crippen LogP contribution in [0.15, 0.2) is 23.1 Å². The van der Waals surface area contributed by atoms with Crippen molar-refractivity contribution in [1.82, 2.24) is 4.31 Å². The molecule has 7 heteroatoms. The number of rotatable bonds is 3. The zero-order chi connectivity index (χ0) is 15.0. The van der Waals surface area contributed by atoms with Gasteiger partial charge in [-0.2, -0.15) is 4.31 Å². The van der Waals surface area contributed by atoms with Crippen LogP contribution < -0.4 is 5.32 Å². The number of hydrogen-bond acceptors (Lipinski definition) is 4. The van der Waals surface area contributed by atoms with Crippen molar-refractivity contribution in [2.45, 2.75) is 36.6 Å². The van der Waals surface area contributed by atoms with Crippen LogP contribution in [-0.2, 0) is 21.2 Å². The second kappa shape index (κ2) is 5.40. The summed E-state index contributed by atoms with van der Waals surface area (Å²) in [5.41, 5.74) is 1.38. The fraction of sp³-hybridized carbons (Fsp3) is 0.500. The van der Waals surface area contributed by atoms with Crippen LogP contribution in [0.1, 0.15) is 24.8 Å². The van der Waals surface area contributed by atoms with Crippen molar-refractivity contribution in [3.63, 3.8) is 0 Å². The van der Waals surface area contributed by atoms with E-state index in [1.54, 1.807) is 12.1 Å². The van der Waals surface area contributed by atoms with Crippen LogP contribution in [0.5, 0.6) is 0 Å². The maximum Gasteiger partial charge on any atom is 0.243 e. The van der Waals surface area contributed by atoms with Gasteiger partial charge in [-0.25, -0.2) is 8.42 Å². The minimum absolute atomic E-state index is 0.120. The molecular weight excluding hydrogens is 292 g/mol. The lowest BCUT2D eigenvalue weighted by atomic mass is 10.1. The molecule has 0 aromatic heterocycles. The number of piperidine rings is 1. The molecule has 6 nitrogen and oxygen atoms in total. The monoisotopic (exact) mass is 310 g/mol. The Morgan fingerprint density at radius 2 is 2.14 bits per heavy atom. The normalized spacial score (nSPS) is 22.9. The van der Waals surface area contributed by atoms with Gasteiger partial charge in [0, 0.05) is 18.3 Å². The van der Waals surface area contributed by atoms with Gasteiger partial charge in [-0.1, -0.05) is 6.42 Å². The quantitative estimate of drug-likeness (QED) is 0.861. The predicted molar refractivity (Wildman–Crippen MR) is 77.4 cm³/mol. The van der Waals surface area contributed by atoms with Crippen LogP contribution in [0.3, 0.4) is 0 Å². The van der Waals surface area contributed by atoms with Gasteiger partial charge in [0.2, 0.25) is 15.9 Å². The van der Waals surface area contributed by atoms with Gasteiger partial charge in [0.05, 0.1) is 17.9 Å². The number of aliphatic hydroxyl groups excluding tert-OH is 1. The van der Waals surface area contributed by atoms with E-state index in [9.17, 15) is 18.3 Å². The number of aliphatic hydroxyl groups is 1. The van der Waals surface area contributed by atoms with E-state index in [0.29, 0.717) is 24.2 Å². The molecule has 0 radical (unpaired) electrons. The van der Waals surface area contributed by atoms with Crippen molar-refractivity contribution in [3.05, 3.63) is 23.8 Å². The molecule has 0 aliphatic carbocycles. The topological polar surface area (TPSA) is 86.7 Å². The average Bonchev–Trinajstić information content (AvgIpc) is 2.86. The number of amides is 1. The molecule has 1 amide bonds. The fourth-order valence-corrected chi connectivity index (χ4v) is 4.71. The third kappa shape index (κ3) is 2.56. The van der Waals surface area contributed by atoms with Gasteiger partial charge in [-0.3, -0.25) is 4.79 Å².